The minimum atomic E-state index is -0.852. The predicted octanol–water partition coefficient (Wildman–Crippen LogP) is 7.78. The van der Waals surface area contributed by atoms with Crippen molar-refractivity contribution in [2.75, 3.05) is 6.61 Å². The highest BCUT2D eigenvalue weighted by Crippen LogP contribution is 2.13. The Hall–Kier alpha value is -1.13. The summed E-state index contributed by atoms with van der Waals surface area (Å²) in [6.45, 7) is 4.05. The number of carbonyl (C=O) groups excluding carboxylic acids is 1. The molecule has 2 atom stereocenters. The first-order valence-electron chi connectivity index (χ1n) is 14.6. The van der Waals surface area contributed by atoms with Gasteiger partial charge in [-0.2, -0.15) is 0 Å². The minimum Gasteiger partial charge on any atom is -0.394 e. The number of amides is 1. The maximum absolute atomic E-state index is 11.8. The van der Waals surface area contributed by atoms with Crippen molar-refractivity contribution >= 4 is 5.91 Å². The molecule has 0 saturated heterocycles. The Morgan fingerprint density at radius 1 is 0.676 bits per heavy atom. The quantitative estimate of drug-likeness (QED) is 0.0924. The van der Waals surface area contributed by atoms with Crippen LogP contribution in [0.15, 0.2) is 24.3 Å². The fraction of sp³-hybridized carbons (Fsp3) is 0.833. The Bertz CT molecular complexity index is 489. The van der Waals surface area contributed by atoms with Crippen LogP contribution in [0.3, 0.4) is 0 Å². The van der Waals surface area contributed by atoms with Gasteiger partial charge in [-0.05, 0) is 32.1 Å². The average molecular weight is 480 g/mol. The molecule has 0 heterocycles. The van der Waals surface area contributed by atoms with Gasteiger partial charge in [0.2, 0.25) is 5.91 Å². The van der Waals surface area contributed by atoms with E-state index < -0.39 is 12.1 Å². The van der Waals surface area contributed by atoms with Crippen LogP contribution in [0.25, 0.3) is 0 Å². The third-order valence-electron chi connectivity index (χ3n) is 6.44. The topological polar surface area (TPSA) is 69.6 Å². The summed E-state index contributed by atoms with van der Waals surface area (Å²) in [6, 6.07) is -0.628. The van der Waals surface area contributed by atoms with Crippen molar-refractivity contribution in [2.45, 2.75) is 154 Å². The Labute approximate surface area is 211 Å². The van der Waals surface area contributed by atoms with Crippen molar-refractivity contribution in [3.8, 4) is 0 Å². The molecule has 0 aliphatic rings. The second-order valence-electron chi connectivity index (χ2n) is 9.81. The van der Waals surface area contributed by atoms with Crippen LogP contribution in [0.5, 0.6) is 0 Å². The van der Waals surface area contributed by atoms with E-state index in [1.54, 1.807) is 6.08 Å². The van der Waals surface area contributed by atoms with Crippen LogP contribution in [0, 0.1) is 0 Å². The second kappa shape index (κ2) is 26.5. The van der Waals surface area contributed by atoms with Crippen molar-refractivity contribution < 1.29 is 15.0 Å². The number of aliphatic hydroxyl groups is 2. The van der Waals surface area contributed by atoms with E-state index in [1.165, 1.54) is 89.9 Å². The lowest BCUT2D eigenvalue weighted by atomic mass is 10.0. The smallest absolute Gasteiger partial charge is 0.220 e. The zero-order valence-corrected chi connectivity index (χ0v) is 22.6. The summed E-state index contributed by atoms with van der Waals surface area (Å²) >= 11 is 0. The van der Waals surface area contributed by atoms with Crippen molar-refractivity contribution in [1.29, 1.82) is 0 Å². The van der Waals surface area contributed by atoms with Gasteiger partial charge in [0.25, 0.3) is 0 Å². The number of aliphatic hydroxyl groups excluding tert-OH is 2. The molecule has 0 aromatic rings. The van der Waals surface area contributed by atoms with Gasteiger partial charge in [0.05, 0.1) is 18.8 Å². The molecule has 0 aromatic carbocycles. The van der Waals surface area contributed by atoms with Gasteiger partial charge in [-0.3, -0.25) is 4.79 Å². The molecule has 0 fully saturated rings. The van der Waals surface area contributed by atoms with E-state index in [0.717, 1.165) is 32.1 Å². The Morgan fingerprint density at radius 3 is 1.68 bits per heavy atom. The lowest BCUT2D eigenvalue weighted by Crippen LogP contribution is -2.45. The number of hydrogen-bond donors (Lipinski definition) is 3. The molecule has 200 valence electrons. The number of rotatable bonds is 25. The Balaban J connectivity index is 3.53. The molecule has 0 spiro atoms. The highest BCUT2D eigenvalue weighted by atomic mass is 16.3. The van der Waals surface area contributed by atoms with Crippen molar-refractivity contribution in [3.63, 3.8) is 0 Å². The molecule has 0 saturated carbocycles. The van der Waals surface area contributed by atoms with Crippen LogP contribution < -0.4 is 5.32 Å². The number of nitrogens with one attached hydrogen (secondary N) is 1. The Morgan fingerprint density at radius 2 is 1.15 bits per heavy atom. The van der Waals surface area contributed by atoms with Crippen molar-refractivity contribution in [1.82, 2.24) is 5.32 Å². The lowest BCUT2D eigenvalue weighted by Gasteiger charge is -2.19. The average Bonchev–Trinajstić information content (AvgIpc) is 2.84. The van der Waals surface area contributed by atoms with Gasteiger partial charge in [0, 0.05) is 6.42 Å². The van der Waals surface area contributed by atoms with E-state index in [2.05, 4.69) is 24.4 Å². The molecule has 2 unspecified atom stereocenters. The molecule has 4 nitrogen and oxygen atoms in total. The minimum absolute atomic E-state index is 0.111. The van der Waals surface area contributed by atoms with Crippen LogP contribution in [-0.2, 0) is 4.79 Å². The molecule has 0 radical (unpaired) electrons. The fourth-order valence-electron chi connectivity index (χ4n) is 4.11. The van der Waals surface area contributed by atoms with Crippen LogP contribution >= 0.6 is 0 Å². The van der Waals surface area contributed by atoms with Gasteiger partial charge in [-0.15, -0.1) is 0 Å². The zero-order valence-electron chi connectivity index (χ0n) is 22.6. The van der Waals surface area contributed by atoms with Crippen LogP contribution in [0.1, 0.15) is 142 Å². The third-order valence-corrected chi connectivity index (χ3v) is 6.44. The molecule has 0 aromatic heterocycles. The van der Waals surface area contributed by atoms with E-state index in [9.17, 15) is 15.0 Å². The van der Waals surface area contributed by atoms with Crippen LogP contribution in [0.4, 0.5) is 0 Å². The normalized spacial score (nSPS) is 13.6. The molecular weight excluding hydrogens is 422 g/mol. The summed E-state index contributed by atoms with van der Waals surface area (Å²) in [4.78, 5) is 11.8. The molecule has 0 bridgehead atoms. The van der Waals surface area contributed by atoms with E-state index in [-0.39, 0.29) is 12.5 Å². The largest absolute Gasteiger partial charge is 0.394 e. The van der Waals surface area contributed by atoms with E-state index >= 15 is 0 Å². The number of hydrogen-bond acceptors (Lipinski definition) is 3. The molecule has 3 N–H and O–H groups in total. The van der Waals surface area contributed by atoms with Gasteiger partial charge in [0.15, 0.2) is 0 Å². The zero-order chi connectivity index (χ0) is 25.1. The summed E-state index contributed by atoms with van der Waals surface area (Å²) in [5.74, 6) is -0.111. The molecule has 1 amide bonds. The summed E-state index contributed by atoms with van der Waals surface area (Å²) in [5.41, 5.74) is 0. The van der Waals surface area contributed by atoms with Gasteiger partial charge in [-0.25, -0.2) is 0 Å². The second-order valence-corrected chi connectivity index (χ2v) is 9.81. The van der Waals surface area contributed by atoms with Gasteiger partial charge >= 0.3 is 0 Å². The fourth-order valence-corrected chi connectivity index (χ4v) is 4.11. The molecule has 4 heteroatoms. The summed E-state index contributed by atoms with van der Waals surface area (Å²) < 4.78 is 0. The first kappa shape index (κ1) is 32.9. The highest BCUT2D eigenvalue weighted by molar-refractivity contribution is 5.76. The summed E-state index contributed by atoms with van der Waals surface area (Å²) in [6.07, 6.45) is 32.0. The number of unbranched alkanes of at least 4 members (excludes halogenated alkanes) is 16. The third kappa shape index (κ3) is 22.7. The van der Waals surface area contributed by atoms with Gasteiger partial charge in [-0.1, -0.05) is 128 Å². The van der Waals surface area contributed by atoms with Gasteiger partial charge in [0.1, 0.15) is 0 Å². The molecule has 34 heavy (non-hydrogen) atoms. The summed E-state index contributed by atoms with van der Waals surface area (Å²) in [7, 11) is 0. The highest BCUT2D eigenvalue weighted by Gasteiger charge is 2.17. The predicted molar refractivity (Wildman–Crippen MR) is 147 cm³/mol. The summed E-state index contributed by atoms with van der Waals surface area (Å²) in [5, 5.41) is 22.3. The molecule has 0 aliphatic heterocycles. The first-order valence-corrected chi connectivity index (χ1v) is 14.6. The monoisotopic (exact) mass is 479 g/mol. The number of carbonyl (C=O) groups is 1. The van der Waals surface area contributed by atoms with Crippen molar-refractivity contribution in [3.05, 3.63) is 24.3 Å². The lowest BCUT2D eigenvalue weighted by molar-refractivity contribution is -0.123. The Kier molecular flexibility index (Phi) is 25.6. The van der Waals surface area contributed by atoms with Crippen molar-refractivity contribution in [2.24, 2.45) is 0 Å². The molecule has 0 rings (SSSR count). The molecule has 0 aliphatic carbocycles. The van der Waals surface area contributed by atoms with E-state index in [1.807, 2.05) is 13.0 Å². The maximum atomic E-state index is 11.8. The SMILES string of the molecule is CCCCCCCCCCCCCCCC/C=C/CC/C=C/C(O)C(CO)NC(=O)CCCC. The first-order chi connectivity index (χ1) is 16.7. The van der Waals surface area contributed by atoms with E-state index in [0.29, 0.717) is 6.42 Å². The molecular formula is C30H57NO3. The van der Waals surface area contributed by atoms with Crippen LogP contribution in [0.2, 0.25) is 0 Å². The van der Waals surface area contributed by atoms with E-state index in [4.69, 9.17) is 0 Å². The number of allylic oxidation sites excluding steroid dienone is 3. The van der Waals surface area contributed by atoms with Gasteiger partial charge < -0.3 is 15.5 Å². The van der Waals surface area contributed by atoms with Crippen LogP contribution in [-0.4, -0.2) is 34.9 Å². The maximum Gasteiger partial charge on any atom is 0.220 e. The standard InChI is InChI=1S/C30H57NO3/c1-3-5-7-8-9-10-11-12-13-14-15-16-17-18-19-20-21-22-23-24-25-29(33)28(27-32)31-30(34)26-6-4-2/h20-21,24-25,28-29,32-33H,3-19,22-23,26-27H2,1-2H3,(H,31,34)/b21-20+,25-24+.